The van der Waals surface area contributed by atoms with E-state index in [0.717, 1.165) is 39.8 Å². The third-order valence-electron chi connectivity index (χ3n) is 5.71. The number of aryl methyl sites for hydroxylation is 2. The van der Waals surface area contributed by atoms with E-state index in [2.05, 4.69) is 66.5 Å². The Bertz CT molecular complexity index is 1430. The lowest BCUT2D eigenvalue weighted by Gasteiger charge is -2.27. The molecule has 0 spiro atoms. The minimum atomic E-state index is -0.0415. The fourth-order valence-corrected chi connectivity index (χ4v) is 4.85. The molecule has 7 nitrogen and oxygen atoms in total. The maximum atomic E-state index is 11.9. The van der Waals surface area contributed by atoms with E-state index in [4.69, 9.17) is 0 Å². The Hall–Kier alpha value is -3.45. The van der Waals surface area contributed by atoms with Gasteiger partial charge < -0.3 is 9.47 Å². The number of nitriles is 1. The Morgan fingerprint density at radius 3 is 2.50 bits per heavy atom. The molecule has 0 fully saturated rings. The summed E-state index contributed by atoms with van der Waals surface area (Å²) in [5, 5.41) is 18.0. The van der Waals surface area contributed by atoms with Crippen molar-refractivity contribution in [2.75, 3.05) is 11.4 Å². The summed E-state index contributed by atoms with van der Waals surface area (Å²) < 4.78 is 3.81. The Kier molecular flexibility index (Phi) is 5.06. The maximum absolute atomic E-state index is 11.9. The summed E-state index contributed by atoms with van der Waals surface area (Å²) in [5.41, 5.74) is 5.58. The minimum absolute atomic E-state index is 0.0415. The van der Waals surface area contributed by atoms with Crippen LogP contribution in [0.4, 0.5) is 11.4 Å². The van der Waals surface area contributed by atoms with Crippen LogP contribution in [0, 0.1) is 18.3 Å². The lowest BCUT2D eigenvalue weighted by atomic mass is 10.0. The average molecular weight is 534 g/mol. The lowest BCUT2D eigenvalue weighted by Crippen LogP contribution is -2.21. The molecule has 0 radical (unpaired) electrons. The standard InChI is InChI=1S/C24H19IN6O/c1-15-27-28-24-20(25)14-30(19-7-3-16(12-26)4-8-19)22-11-17(5-9-21(22)31(15)24)18-6-10-23(32)29(2)13-18/h3-11,13,20H,14H2,1-2H3/t20-/m1/s1. The van der Waals surface area contributed by atoms with Gasteiger partial charge in [0.25, 0.3) is 0 Å². The van der Waals surface area contributed by atoms with Crippen LogP contribution in [0.5, 0.6) is 0 Å². The second-order valence-electron chi connectivity index (χ2n) is 7.75. The van der Waals surface area contributed by atoms with Crippen molar-refractivity contribution in [3.05, 3.63) is 88.4 Å². The third kappa shape index (κ3) is 3.39. The van der Waals surface area contributed by atoms with E-state index in [0.29, 0.717) is 12.1 Å². The highest BCUT2D eigenvalue weighted by molar-refractivity contribution is 14.1. The molecule has 8 heteroatoms. The minimum Gasteiger partial charge on any atom is -0.338 e. The second-order valence-corrected chi connectivity index (χ2v) is 9.25. The van der Waals surface area contributed by atoms with E-state index in [-0.39, 0.29) is 9.48 Å². The Morgan fingerprint density at radius 2 is 1.78 bits per heavy atom. The van der Waals surface area contributed by atoms with Gasteiger partial charge in [-0.3, -0.25) is 9.36 Å². The van der Waals surface area contributed by atoms with Crippen molar-refractivity contribution < 1.29 is 0 Å². The molecule has 0 aliphatic carbocycles. The highest BCUT2D eigenvalue weighted by atomic mass is 127. The first-order valence-electron chi connectivity index (χ1n) is 10.1. The van der Waals surface area contributed by atoms with Crippen LogP contribution < -0.4 is 10.5 Å². The number of halogens is 1. The van der Waals surface area contributed by atoms with Gasteiger partial charge >= 0.3 is 0 Å². The first-order valence-corrected chi connectivity index (χ1v) is 11.4. The van der Waals surface area contributed by atoms with Crippen molar-refractivity contribution in [2.24, 2.45) is 7.05 Å². The summed E-state index contributed by atoms with van der Waals surface area (Å²) >= 11 is 2.41. The topological polar surface area (TPSA) is 79.7 Å². The molecular weight excluding hydrogens is 515 g/mol. The molecule has 1 aliphatic heterocycles. The van der Waals surface area contributed by atoms with Gasteiger partial charge in [0.05, 0.1) is 26.9 Å². The van der Waals surface area contributed by atoms with Gasteiger partial charge in [0, 0.05) is 31.5 Å². The van der Waals surface area contributed by atoms with Gasteiger partial charge in [-0.05, 0) is 60.5 Å². The molecule has 0 saturated carbocycles. The molecule has 0 saturated heterocycles. The Balaban J connectivity index is 1.73. The summed E-state index contributed by atoms with van der Waals surface area (Å²) in [6, 6.07) is 19.5. The number of nitrogens with zero attached hydrogens (tertiary/aromatic N) is 6. The summed E-state index contributed by atoms with van der Waals surface area (Å²) in [4.78, 5) is 14.1. The van der Waals surface area contributed by atoms with Gasteiger partial charge in [0.2, 0.25) is 5.56 Å². The normalized spacial score (nSPS) is 14.9. The number of hydrogen-bond acceptors (Lipinski definition) is 5. The Labute approximate surface area is 198 Å². The van der Waals surface area contributed by atoms with Crippen molar-refractivity contribution in [1.29, 1.82) is 5.26 Å². The number of aromatic nitrogens is 4. The molecule has 158 valence electrons. The van der Waals surface area contributed by atoms with Crippen LogP contribution in [-0.4, -0.2) is 25.9 Å². The van der Waals surface area contributed by atoms with Crippen LogP contribution in [0.1, 0.15) is 21.1 Å². The number of anilines is 2. The summed E-state index contributed by atoms with van der Waals surface area (Å²) in [5.74, 6) is 1.75. The van der Waals surface area contributed by atoms with E-state index >= 15 is 0 Å². The van der Waals surface area contributed by atoms with Gasteiger partial charge in [0.1, 0.15) is 5.82 Å². The number of fused-ring (bicyclic) bond motifs is 3. The van der Waals surface area contributed by atoms with Crippen LogP contribution in [0.25, 0.3) is 16.8 Å². The zero-order valence-electron chi connectivity index (χ0n) is 17.5. The summed E-state index contributed by atoms with van der Waals surface area (Å²) in [7, 11) is 1.76. The number of alkyl halides is 1. The molecule has 2 aromatic carbocycles. The molecule has 4 aromatic rings. The predicted molar refractivity (Wildman–Crippen MR) is 132 cm³/mol. The predicted octanol–water partition coefficient (Wildman–Crippen LogP) is 4.44. The fourth-order valence-electron chi connectivity index (χ4n) is 4.05. The summed E-state index contributed by atoms with van der Waals surface area (Å²) in [6.45, 7) is 2.66. The van der Waals surface area contributed by atoms with E-state index < -0.39 is 0 Å². The van der Waals surface area contributed by atoms with Gasteiger partial charge in [-0.25, -0.2) is 0 Å². The second kappa shape index (κ2) is 7.91. The molecule has 2 aromatic heterocycles. The fraction of sp³-hybridized carbons (Fsp3) is 0.167. The quantitative estimate of drug-likeness (QED) is 0.281. The average Bonchev–Trinajstić information content (AvgIpc) is 3.14. The van der Waals surface area contributed by atoms with E-state index in [1.54, 1.807) is 17.7 Å². The van der Waals surface area contributed by atoms with Crippen LogP contribution in [0.15, 0.2) is 65.6 Å². The van der Waals surface area contributed by atoms with Crippen molar-refractivity contribution in [3.8, 4) is 22.9 Å². The first-order chi connectivity index (χ1) is 15.5. The largest absolute Gasteiger partial charge is 0.338 e. The number of pyridine rings is 1. The maximum Gasteiger partial charge on any atom is 0.250 e. The smallest absolute Gasteiger partial charge is 0.250 e. The third-order valence-corrected chi connectivity index (χ3v) is 6.66. The number of hydrogen-bond donors (Lipinski definition) is 0. The number of rotatable bonds is 2. The van der Waals surface area contributed by atoms with Crippen molar-refractivity contribution in [1.82, 2.24) is 19.3 Å². The monoisotopic (exact) mass is 534 g/mol. The molecule has 32 heavy (non-hydrogen) atoms. The van der Waals surface area contributed by atoms with Crippen LogP contribution in [0.3, 0.4) is 0 Å². The zero-order valence-corrected chi connectivity index (χ0v) is 19.7. The molecule has 1 aliphatic rings. The molecular formula is C24H19IN6O. The van der Waals surface area contributed by atoms with Gasteiger partial charge in [-0.15, -0.1) is 10.2 Å². The van der Waals surface area contributed by atoms with E-state index in [1.807, 2.05) is 43.5 Å². The number of benzene rings is 2. The van der Waals surface area contributed by atoms with Crippen molar-refractivity contribution in [3.63, 3.8) is 0 Å². The van der Waals surface area contributed by atoms with Crippen molar-refractivity contribution in [2.45, 2.75) is 10.8 Å². The highest BCUT2D eigenvalue weighted by Gasteiger charge is 2.29. The molecule has 3 heterocycles. The van der Waals surface area contributed by atoms with Gasteiger partial charge in [-0.1, -0.05) is 28.7 Å². The SMILES string of the molecule is Cc1nnc2n1-c1ccc(-c3ccc(=O)n(C)c3)cc1N(c1ccc(C#N)cc1)C[C@H]2I. The molecule has 5 rings (SSSR count). The lowest BCUT2D eigenvalue weighted by molar-refractivity contribution is 0.842. The zero-order chi connectivity index (χ0) is 22.4. The molecule has 0 unspecified atom stereocenters. The molecule has 0 amide bonds. The molecule has 1 atom stereocenters. The Morgan fingerprint density at radius 1 is 1.03 bits per heavy atom. The van der Waals surface area contributed by atoms with E-state index in [1.165, 1.54) is 0 Å². The van der Waals surface area contributed by atoms with E-state index in [9.17, 15) is 10.1 Å². The van der Waals surface area contributed by atoms with Gasteiger partial charge in [-0.2, -0.15) is 5.26 Å². The molecule has 0 bridgehead atoms. The highest BCUT2D eigenvalue weighted by Crippen LogP contribution is 2.41. The van der Waals surface area contributed by atoms with Crippen LogP contribution in [-0.2, 0) is 7.05 Å². The first kappa shape index (κ1) is 20.5. The van der Waals surface area contributed by atoms with Crippen LogP contribution >= 0.6 is 22.6 Å². The summed E-state index contributed by atoms with van der Waals surface area (Å²) in [6.07, 6.45) is 1.85. The molecule has 0 N–H and O–H groups in total. The van der Waals surface area contributed by atoms with Crippen LogP contribution in [0.2, 0.25) is 0 Å². The van der Waals surface area contributed by atoms with Gasteiger partial charge in [0.15, 0.2) is 5.82 Å². The van der Waals surface area contributed by atoms with Crippen molar-refractivity contribution >= 4 is 34.0 Å².